The molecule has 6 nitrogen and oxygen atoms in total. The van der Waals surface area contributed by atoms with Crippen LogP contribution in [0.4, 0.5) is 18.9 Å². The van der Waals surface area contributed by atoms with E-state index in [-0.39, 0.29) is 12.7 Å². The molecule has 5 rings (SSSR count). The van der Waals surface area contributed by atoms with Crippen molar-refractivity contribution in [2.75, 3.05) is 51.0 Å². The summed E-state index contributed by atoms with van der Waals surface area (Å²) < 4.78 is 50.2. The van der Waals surface area contributed by atoms with Gasteiger partial charge in [0.25, 0.3) is 5.91 Å². The van der Waals surface area contributed by atoms with E-state index >= 15 is 0 Å². The Morgan fingerprint density at radius 3 is 2.60 bits per heavy atom. The Balaban J connectivity index is 1.04. The molecule has 1 amide bonds. The van der Waals surface area contributed by atoms with E-state index in [0.29, 0.717) is 28.3 Å². The first-order chi connectivity index (χ1) is 16.9. The third kappa shape index (κ3) is 5.33. The van der Waals surface area contributed by atoms with Gasteiger partial charge in [-0.25, -0.2) is 0 Å². The monoisotopic (exact) mass is 505 g/mol. The highest BCUT2D eigenvalue weighted by molar-refractivity contribution is 7.17. The van der Waals surface area contributed by atoms with Crippen molar-refractivity contribution in [3.8, 4) is 11.5 Å². The molecule has 0 spiro atoms. The van der Waals surface area contributed by atoms with Crippen molar-refractivity contribution < 1.29 is 27.4 Å². The molecule has 0 unspecified atom stereocenters. The molecular weight excluding hydrogens is 479 g/mol. The Kier molecular flexibility index (Phi) is 6.75. The number of rotatable bonds is 7. The van der Waals surface area contributed by atoms with Crippen LogP contribution in [0.5, 0.6) is 11.5 Å². The number of hydrogen-bond donors (Lipinski definition) is 1. The van der Waals surface area contributed by atoms with Gasteiger partial charge in [-0.2, -0.15) is 13.2 Å². The van der Waals surface area contributed by atoms with E-state index in [1.54, 1.807) is 24.3 Å². The van der Waals surface area contributed by atoms with Gasteiger partial charge in [-0.3, -0.25) is 9.69 Å². The molecule has 2 aliphatic rings. The third-order valence-electron chi connectivity index (χ3n) is 6.42. The van der Waals surface area contributed by atoms with E-state index in [0.717, 1.165) is 56.6 Å². The molecule has 0 aliphatic carbocycles. The normalized spacial score (nSPS) is 16.1. The number of carbonyl (C=O) groups excluding carboxylic acids is 1. The molecule has 3 aromatic rings. The van der Waals surface area contributed by atoms with E-state index in [2.05, 4.69) is 15.1 Å². The first-order valence-corrected chi connectivity index (χ1v) is 12.5. The van der Waals surface area contributed by atoms with Gasteiger partial charge < -0.3 is 19.7 Å². The zero-order valence-electron chi connectivity index (χ0n) is 19.1. The SMILES string of the molecule is O=C(NCCCCN1CCN(c2csc3cc(C(F)(F)F)ccc23)CC1)c1ccc2c(c1)OCO2. The third-order valence-corrected chi connectivity index (χ3v) is 7.35. The molecule has 2 aromatic carbocycles. The van der Waals surface area contributed by atoms with Gasteiger partial charge in [-0.05, 0) is 49.7 Å². The van der Waals surface area contributed by atoms with Gasteiger partial charge in [0.05, 0.1) is 11.3 Å². The number of nitrogens with one attached hydrogen (secondary N) is 1. The van der Waals surface area contributed by atoms with Crippen LogP contribution in [0.3, 0.4) is 0 Å². The number of halogens is 3. The van der Waals surface area contributed by atoms with Gasteiger partial charge in [0.2, 0.25) is 6.79 Å². The topological polar surface area (TPSA) is 54.0 Å². The molecule has 186 valence electrons. The second-order valence-corrected chi connectivity index (χ2v) is 9.60. The van der Waals surface area contributed by atoms with Crippen molar-refractivity contribution in [1.82, 2.24) is 10.2 Å². The molecule has 3 heterocycles. The van der Waals surface area contributed by atoms with Crippen molar-refractivity contribution in [2.45, 2.75) is 19.0 Å². The molecule has 0 radical (unpaired) electrons. The number of amides is 1. The van der Waals surface area contributed by atoms with Crippen molar-refractivity contribution in [3.05, 3.63) is 52.9 Å². The van der Waals surface area contributed by atoms with Crippen LogP contribution in [0, 0.1) is 0 Å². The molecule has 1 saturated heterocycles. The Morgan fingerprint density at radius 1 is 1.00 bits per heavy atom. The van der Waals surface area contributed by atoms with E-state index in [1.807, 2.05) is 5.38 Å². The number of ether oxygens (including phenoxy) is 2. The van der Waals surface area contributed by atoms with Gasteiger partial charge >= 0.3 is 6.18 Å². The molecule has 2 aliphatic heterocycles. The first-order valence-electron chi connectivity index (χ1n) is 11.6. The fraction of sp³-hybridized carbons (Fsp3) is 0.400. The summed E-state index contributed by atoms with van der Waals surface area (Å²) in [6.07, 6.45) is -2.46. The number of hydrogen-bond acceptors (Lipinski definition) is 6. The molecule has 0 atom stereocenters. The highest BCUT2D eigenvalue weighted by atomic mass is 32.1. The highest BCUT2D eigenvalue weighted by Crippen LogP contribution is 2.38. The maximum atomic E-state index is 13.0. The lowest BCUT2D eigenvalue weighted by Gasteiger charge is -2.36. The summed E-state index contributed by atoms with van der Waals surface area (Å²) in [5.41, 5.74) is 0.973. The van der Waals surface area contributed by atoms with E-state index in [1.165, 1.54) is 23.5 Å². The molecule has 35 heavy (non-hydrogen) atoms. The summed E-state index contributed by atoms with van der Waals surface area (Å²) in [6, 6.07) is 9.17. The standard InChI is InChI=1S/C25H26F3N3O3S/c26-25(27,28)18-4-5-19-20(15-35-23(19)14-18)31-11-9-30(10-12-31)8-2-1-7-29-24(32)17-3-6-21-22(13-17)34-16-33-21/h3-6,13-15H,1-2,7-12,16H2,(H,29,32). The Morgan fingerprint density at radius 2 is 1.80 bits per heavy atom. The summed E-state index contributed by atoms with van der Waals surface area (Å²) in [5.74, 6) is 1.13. The minimum atomic E-state index is -4.32. The minimum absolute atomic E-state index is 0.123. The van der Waals surface area contributed by atoms with Gasteiger partial charge in [0.15, 0.2) is 11.5 Å². The van der Waals surface area contributed by atoms with Gasteiger partial charge in [0, 0.05) is 53.8 Å². The van der Waals surface area contributed by atoms with Crippen LogP contribution in [0.15, 0.2) is 41.8 Å². The second kappa shape index (κ2) is 9.94. The number of unbranched alkanes of at least 4 members (excludes halogenated alkanes) is 1. The second-order valence-electron chi connectivity index (χ2n) is 8.69. The molecule has 0 saturated carbocycles. The molecular formula is C25H26F3N3O3S. The lowest BCUT2D eigenvalue weighted by Crippen LogP contribution is -2.46. The van der Waals surface area contributed by atoms with Gasteiger partial charge in [0.1, 0.15) is 0 Å². The Bertz CT molecular complexity index is 1210. The zero-order valence-corrected chi connectivity index (χ0v) is 19.9. The highest BCUT2D eigenvalue weighted by Gasteiger charge is 2.31. The lowest BCUT2D eigenvalue weighted by atomic mass is 10.1. The van der Waals surface area contributed by atoms with Crippen LogP contribution in [-0.2, 0) is 6.18 Å². The number of fused-ring (bicyclic) bond motifs is 2. The quantitative estimate of drug-likeness (QED) is 0.459. The van der Waals surface area contributed by atoms with Gasteiger partial charge in [-0.1, -0.05) is 6.07 Å². The van der Waals surface area contributed by atoms with Crippen molar-refractivity contribution >= 4 is 33.0 Å². The van der Waals surface area contributed by atoms with Crippen molar-refractivity contribution in [1.29, 1.82) is 0 Å². The average molecular weight is 506 g/mol. The average Bonchev–Trinajstić information content (AvgIpc) is 3.49. The first kappa shape index (κ1) is 23.7. The number of thiophene rings is 1. The zero-order chi connectivity index (χ0) is 24.4. The summed E-state index contributed by atoms with van der Waals surface area (Å²) >= 11 is 1.36. The van der Waals surface area contributed by atoms with E-state index in [4.69, 9.17) is 9.47 Å². The van der Waals surface area contributed by atoms with Crippen molar-refractivity contribution in [2.24, 2.45) is 0 Å². The molecule has 10 heteroatoms. The number of carbonyl (C=O) groups is 1. The number of alkyl halides is 3. The number of nitrogens with zero attached hydrogens (tertiary/aromatic N) is 2. The summed E-state index contributed by atoms with van der Waals surface area (Å²) in [6.45, 7) is 5.23. The predicted octanol–water partition coefficient (Wildman–Crippen LogP) is 4.98. The van der Waals surface area contributed by atoms with E-state index in [9.17, 15) is 18.0 Å². The number of benzene rings is 2. The van der Waals surface area contributed by atoms with Crippen LogP contribution in [-0.4, -0.2) is 56.9 Å². The van der Waals surface area contributed by atoms with Crippen LogP contribution < -0.4 is 19.7 Å². The van der Waals surface area contributed by atoms with Gasteiger partial charge in [-0.15, -0.1) is 11.3 Å². The fourth-order valence-corrected chi connectivity index (χ4v) is 5.46. The molecule has 0 bridgehead atoms. The van der Waals surface area contributed by atoms with Crippen LogP contribution >= 0.6 is 11.3 Å². The molecule has 1 aromatic heterocycles. The number of piperazine rings is 1. The Labute approximate surface area is 205 Å². The summed E-state index contributed by atoms with van der Waals surface area (Å²) in [4.78, 5) is 17.0. The summed E-state index contributed by atoms with van der Waals surface area (Å²) in [5, 5.41) is 5.80. The maximum Gasteiger partial charge on any atom is 0.416 e. The predicted molar refractivity (Wildman–Crippen MR) is 130 cm³/mol. The largest absolute Gasteiger partial charge is 0.454 e. The molecule has 1 N–H and O–H groups in total. The summed E-state index contributed by atoms with van der Waals surface area (Å²) in [7, 11) is 0. The van der Waals surface area contributed by atoms with Crippen LogP contribution in [0.1, 0.15) is 28.8 Å². The Hall–Kier alpha value is -2.98. The lowest BCUT2D eigenvalue weighted by molar-refractivity contribution is -0.137. The number of anilines is 1. The van der Waals surface area contributed by atoms with Crippen LogP contribution in [0.25, 0.3) is 10.1 Å². The minimum Gasteiger partial charge on any atom is -0.454 e. The van der Waals surface area contributed by atoms with E-state index < -0.39 is 11.7 Å². The fourth-order valence-electron chi connectivity index (χ4n) is 4.45. The van der Waals surface area contributed by atoms with Crippen LogP contribution in [0.2, 0.25) is 0 Å². The maximum absolute atomic E-state index is 13.0. The molecule has 1 fully saturated rings. The van der Waals surface area contributed by atoms with Crippen molar-refractivity contribution in [3.63, 3.8) is 0 Å². The smallest absolute Gasteiger partial charge is 0.416 e.